The smallest absolute Gasteiger partial charge is 0.197 e. The second kappa shape index (κ2) is 6.60. The van der Waals surface area contributed by atoms with Crippen molar-refractivity contribution in [1.82, 2.24) is 15.0 Å². The predicted octanol–water partition coefficient (Wildman–Crippen LogP) is 2.90. The molecule has 1 aromatic carbocycles. The summed E-state index contributed by atoms with van der Waals surface area (Å²) in [7, 11) is -3.93. The van der Waals surface area contributed by atoms with Crippen molar-refractivity contribution in [2.75, 3.05) is 14.1 Å². The van der Waals surface area contributed by atoms with Gasteiger partial charge in [0.2, 0.25) is 0 Å². The second-order valence-corrected chi connectivity index (χ2v) is 6.02. The minimum atomic E-state index is -2.79. The monoisotopic (exact) mass is 353 g/mol. The van der Waals surface area contributed by atoms with E-state index in [9.17, 15) is 4.21 Å². The molecule has 0 aliphatic heterocycles. The van der Waals surface area contributed by atoms with Crippen LogP contribution in [0.15, 0.2) is 29.6 Å². The summed E-state index contributed by atoms with van der Waals surface area (Å²) in [5.41, 5.74) is -2.84. The van der Waals surface area contributed by atoms with Crippen LogP contribution in [0.3, 0.4) is 0 Å². The molecule has 0 amide bonds. The number of methoxy groups -OCH3 is 2. The van der Waals surface area contributed by atoms with E-state index in [1.54, 1.807) is 6.92 Å². The number of nitrogens with one attached hydrogen (secondary N) is 1. The van der Waals surface area contributed by atoms with Crippen LogP contribution in [-0.2, 0) is 16.5 Å². The zero-order valence-corrected chi connectivity index (χ0v) is 13.7. The fourth-order valence-corrected chi connectivity index (χ4v) is 2.99. The number of H-pyrrole nitrogens is 1. The number of aromatic amines is 1. The van der Waals surface area contributed by atoms with Crippen molar-refractivity contribution in [2.24, 2.45) is 0 Å². The van der Waals surface area contributed by atoms with Crippen molar-refractivity contribution in [2.45, 2.75) is 24.6 Å². The summed E-state index contributed by atoms with van der Waals surface area (Å²) < 4.78 is 85.1. The third-order valence-corrected chi connectivity index (χ3v) is 4.25. The summed E-state index contributed by atoms with van der Waals surface area (Å²) in [5.74, 6) is -0.0527. The number of imidazole rings is 1. The maximum absolute atomic E-state index is 13.2. The number of aryl methyl sites for hydroxylation is 1. The van der Waals surface area contributed by atoms with Gasteiger partial charge >= 0.3 is 0 Å². The lowest BCUT2D eigenvalue weighted by molar-refractivity contribution is 0.407. The molecule has 126 valence electrons. The Morgan fingerprint density at radius 1 is 1.42 bits per heavy atom. The molecule has 0 spiro atoms. The van der Waals surface area contributed by atoms with Crippen LogP contribution in [-0.4, -0.2) is 33.3 Å². The van der Waals surface area contributed by atoms with Gasteiger partial charge in [-0.3, -0.25) is 9.19 Å². The van der Waals surface area contributed by atoms with E-state index in [1.807, 2.05) is 0 Å². The first kappa shape index (κ1) is 9.17. The number of nitrogens with zero attached hydrogens (tertiary/aromatic N) is 2. The predicted molar refractivity (Wildman–Crippen MR) is 93.0 cm³/mol. The Bertz CT molecular complexity index is 1190. The van der Waals surface area contributed by atoms with E-state index in [1.165, 1.54) is 31.5 Å². The van der Waals surface area contributed by atoms with Crippen LogP contribution in [0.4, 0.5) is 0 Å². The van der Waals surface area contributed by atoms with Gasteiger partial charge in [-0.05, 0) is 25.9 Å². The first-order chi connectivity index (χ1) is 14.6. The number of aromatic nitrogens is 3. The lowest BCUT2D eigenvalue weighted by atomic mass is 10.1. The molecule has 1 N–H and O–H groups in total. The number of ether oxygens (including phenoxy) is 2. The molecule has 2 heterocycles. The van der Waals surface area contributed by atoms with Crippen molar-refractivity contribution in [3.8, 4) is 11.5 Å². The molecule has 2 aromatic heterocycles. The molecule has 0 saturated heterocycles. The van der Waals surface area contributed by atoms with Crippen LogP contribution in [0.1, 0.15) is 27.8 Å². The van der Waals surface area contributed by atoms with Crippen LogP contribution < -0.4 is 9.47 Å². The average Bonchev–Trinajstić information content (AvgIpc) is 3.07. The molecule has 3 rings (SSSR count). The zero-order chi connectivity index (χ0) is 24.1. The molecule has 6 nitrogen and oxygen atoms in total. The first-order valence-corrected chi connectivity index (χ1v) is 7.95. The van der Waals surface area contributed by atoms with Crippen LogP contribution in [0.25, 0.3) is 11.0 Å². The average molecular weight is 353 g/mol. The van der Waals surface area contributed by atoms with Crippen molar-refractivity contribution < 1.29 is 24.6 Å². The Labute approximate surface area is 153 Å². The van der Waals surface area contributed by atoms with Gasteiger partial charge in [0.1, 0.15) is 11.5 Å². The number of rotatable bonds is 5. The summed E-state index contributed by atoms with van der Waals surface area (Å²) in [6.45, 7) is -1.22. The van der Waals surface area contributed by atoms with E-state index in [0.29, 0.717) is 5.56 Å². The van der Waals surface area contributed by atoms with E-state index in [4.69, 9.17) is 20.4 Å². The lowest BCUT2D eigenvalue weighted by Crippen LogP contribution is -2.05. The van der Waals surface area contributed by atoms with E-state index >= 15 is 0 Å². The van der Waals surface area contributed by atoms with Gasteiger partial charge < -0.3 is 14.5 Å². The third kappa shape index (κ3) is 2.99. The lowest BCUT2D eigenvalue weighted by Gasteiger charge is -2.11. The van der Waals surface area contributed by atoms with Gasteiger partial charge in [-0.15, -0.1) is 0 Å². The minimum Gasteiger partial charge on any atom is -0.497 e. The van der Waals surface area contributed by atoms with Crippen molar-refractivity contribution in [1.29, 1.82) is 0 Å². The highest BCUT2D eigenvalue weighted by Gasteiger charge is 2.16. The fraction of sp³-hybridized carbons (Fsp3) is 0.294. The molecule has 1 unspecified atom stereocenters. The quantitative estimate of drug-likeness (QED) is 0.763. The SMILES string of the molecule is [2H]C([2H])([2H])Oc1ccc2nc(S(=O)C([2H])([2H])c3ncc(C)c(OC)c3C([2H])([2H])[2H])[nH]c2c1. The van der Waals surface area contributed by atoms with Gasteiger partial charge in [0.25, 0.3) is 0 Å². The Morgan fingerprint density at radius 3 is 3.04 bits per heavy atom. The van der Waals surface area contributed by atoms with E-state index < -0.39 is 41.7 Å². The molecule has 0 aliphatic rings. The molecule has 0 bridgehead atoms. The molecule has 0 aliphatic carbocycles. The molecule has 0 fully saturated rings. The summed E-state index contributed by atoms with van der Waals surface area (Å²) >= 11 is 0. The Morgan fingerprint density at radius 2 is 2.29 bits per heavy atom. The number of hydrogen-bond donors (Lipinski definition) is 1. The number of hydrogen-bond acceptors (Lipinski definition) is 5. The Kier molecular flexibility index (Phi) is 2.52. The maximum Gasteiger partial charge on any atom is 0.197 e. The van der Waals surface area contributed by atoms with Gasteiger partial charge in [-0.2, -0.15) is 0 Å². The summed E-state index contributed by atoms with van der Waals surface area (Å²) in [5, 5.41) is -0.283. The largest absolute Gasteiger partial charge is 0.497 e. The number of pyridine rings is 1. The second-order valence-electron chi connectivity index (χ2n) is 4.89. The maximum atomic E-state index is 13.2. The van der Waals surface area contributed by atoms with E-state index in [0.717, 1.165) is 0 Å². The third-order valence-electron chi connectivity index (χ3n) is 3.33. The highest BCUT2D eigenvalue weighted by atomic mass is 32.2. The van der Waals surface area contributed by atoms with Crippen molar-refractivity contribution >= 4 is 21.8 Å². The van der Waals surface area contributed by atoms with Crippen molar-refractivity contribution in [3.05, 3.63) is 41.2 Å². The molecular formula is C17H19N3O3S. The number of fused-ring (bicyclic) bond motifs is 1. The topological polar surface area (TPSA) is 77.1 Å². The van der Waals surface area contributed by atoms with Crippen LogP contribution in [0.5, 0.6) is 11.5 Å². The molecule has 1 atom stereocenters. The summed E-state index contributed by atoms with van der Waals surface area (Å²) in [6, 6.07) is 4.10. The van der Waals surface area contributed by atoms with E-state index in [-0.39, 0.29) is 27.7 Å². The normalized spacial score (nSPS) is 18.9. The molecule has 0 saturated carbocycles. The standard InChI is InChI=1S/C17H19N3O3S/c1-10-8-18-15(11(2)16(10)23-4)9-24(21)17-19-13-6-5-12(22-3)7-14(13)20-17/h5-8H,9H2,1-4H3,(H,19,20)/i2D3,3D3,9D2. The highest BCUT2D eigenvalue weighted by Crippen LogP contribution is 2.26. The summed E-state index contributed by atoms with van der Waals surface area (Å²) in [4.78, 5) is 10.7. The number of benzene rings is 1. The zero-order valence-electron chi connectivity index (χ0n) is 20.8. The van der Waals surface area contributed by atoms with Gasteiger partial charge in [0, 0.05) is 30.2 Å². The van der Waals surface area contributed by atoms with Gasteiger partial charge in [-0.1, -0.05) is 0 Å². The minimum absolute atomic E-state index is 0.0103. The van der Waals surface area contributed by atoms with Gasteiger partial charge in [0.15, 0.2) is 5.16 Å². The molecule has 0 radical (unpaired) electrons. The Balaban J connectivity index is 2.08. The fourth-order valence-electron chi connectivity index (χ4n) is 2.18. The molecule has 7 heteroatoms. The van der Waals surface area contributed by atoms with Gasteiger partial charge in [0.05, 0.1) is 51.5 Å². The molecular weight excluding hydrogens is 326 g/mol. The van der Waals surface area contributed by atoms with E-state index in [2.05, 4.69) is 15.0 Å². The highest BCUT2D eigenvalue weighted by molar-refractivity contribution is 7.84. The van der Waals surface area contributed by atoms with Crippen LogP contribution in [0.2, 0.25) is 0 Å². The summed E-state index contributed by atoms with van der Waals surface area (Å²) in [6.07, 6.45) is 1.25. The molecule has 3 aromatic rings. The van der Waals surface area contributed by atoms with Crippen molar-refractivity contribution in [3.63, 3.8) is 0 Å². The molecule has 24 heavy (non-hydrogen) atoms. The van der Waals surface area contributed by atoms with Gasteiger partial charge in [-0.25, -0.2) is 4.98 Å². The Hall–Kier alpha value is -2.41. The first-order valence-electron chi connectivity index (χ1n) is 10.8. The van der Waals surface area contributed by atoms with Crippen LogP contribution in [0, 0.1) is 13.8 Å². The van der Waals surface area contributed by atoms with Crippen LogP contribution >= 0.6 is 0 Å².